The highest BCUT2D eigenvalue weighted by molar-refractivity contribution is 5.87. The third-order valence-electron chi connectivity index (χ3n) is 5.03. The zero-order chi connectivity index (χ0) is 19.3. The molecule has 2 fully saturated rings. The lowest BCUT2D eigenvalue weighted by atomic mass is 10.1. The van der Waals surface area contributed by atoms with Crippen LogP contribution >= 0.6 is 0 Å². The Morgan fingerprint density at radius 3 is 2.18 bits per heavy atom. The van der Waals surface area contributed by atoms with Gasteiger partial charge in [-0.25, -0.2) is 4.98 Å². The Labute approximate surface area is 165 Å². The number of anilines is 3. The highest BCUT2D eigenvalue weighted by atomic mass is 16.5. The standard InChI is InChI=1S/C19H29N7O2/c1-14(2)3-4-20-16-15-13-21-18(25-5-9-27-10-6-25)23-17(15)24-19(22-16)26-7-11-28-12-8-26/h13-14H,3-12H2,1-2H3,(H,20,21,22,23,24). The van der Waals surface area contributed by atoms with Crippen LogP contribution < -0.4 is 15.1 Å². The first-order chi connectivity index (χ1) is 13.7. The van der Waals surface area contributed by atoms with Gasteiger partial charge in [0.15, 0.2) is 5.65 Å². The monoisotopic (exact) mass is 387 g/mol. The van der Waals surface area contributed by atoms with Crippen LogP contribution in [0.2, 0.25) is 0 Å². The summed E-state index contributed by atoms with van der Waals surface area (Å²) in [5.74, 6) is 2.84. The van der Waals surface area contributed by atoms with Crippen LogP contribution in [0.3, 0.4) is 0 Å². The van der Waals surface area contributed by atoms with Crippen LogP contribution in [0.1, 0.15) is 20.3 Å². The van der Waals surface area contributed by atoms with Crippen LogP contribution in [0.5, 0.6) is 0 Å². The minimum Gasteiger partial charge on any atom is -0.378 e. The molecule has 152 valence electrons. The summed E-state index contributed by atoms with van der Waals surface area (Å²) in [6.45, 7) is 11.3. The van der Waals surface area contributed by atoms with E-state index in [-0.39, 0.29) is 0 Å². The fourth-order valence-electron chi connectivity index (χ4n) is 3.33. The largest absolute Gasteiger partial charge is 0.378 e. The maximum absolute atomic E-state index is 5.47. The van der Waals surface area contributed by atoms with Gasteiger partial charge in [0, 0.05) is 38.9 Å². The van der Waals surface area contributed by atoms with Crippen molar-refractivity contribution < 1.29 is 9.47 Å². The van der Waals surface area contributed by atoms with Crippen LogP contribution in [-0.2, 0) is 9.47 Å². The van der Waals surface area contributed by atoms with Gasteiger partial charge in [-0.3, -0.25) is 0 Å². The molecule has 2 aromatic rings. The quantitative estimate of drug-likeness (QED) is 0.793. The zero-order valence-electron chi connectivity index (χ0n) is 16.7. The van der Waals surface area contributed by atoms with Crippen LogP contribution in [0.4, 0.5) is 17.7 Å². The van der Waals surface area contributed by atoms with E-state index in [1.165, 1.54) is 0 Å². The zero-order valence-corrected chi connectivity index (χ0v) is 16.7. The molecule has 28 heavy (non-hydrogen) atoms. The van der Waals surface area contributed by atoms with E-state index in [2.05, 4.69) is 33.9 Å². The summed E-state index contributed by atoms with van der Waals surface area (Å²) in [4.78, 5) is 23.2. The first-order valence-electron chi connectivity index (χ1n) is 10.1. The third-order valence-corrected chi connectivity index (χ3v) is 5.03. The Bertz CT molecular complexity index is 784. The summed E-state index contributed by atoms with van der Waals surface area (Å²) in [7, 11) is 0. The van der Waals surface area contributed by atoms with Crippen molar-refractivity contribution in [1.29, 1.82) is 0 Å². The van der Waals surface area contributed by atoms with Gasteiger partial charge in [0.2, 0.25) is 11.9 Å². The van der Waals surface area contributed by atoms with Gasteiger partial charge in [0.1, 0.15) is 5.82 Å². The molecule has 2 aromatic heterocycles. The van der Waals surface area contributed by atoms with Crippen molar-refractivity contribution >= 4 is 28.7 Å². The van der Waals surface area contributed by atoms with E-state index >= 15 is 0 Å². The first kappa shape index (κ1) is 19.1. The molecule has 0 spiro atoms. The molecular weight excluding hydrogens is 358 g/mol. The molecule has 2 saturated heterocycles. The van der Waals surface area contributed by atoms with Crippen LogP contribution in [0.25, 0.3) is 11.0 Å². The second-order valence-electron chi connectivity index (χ2n) is 7.59. The molecule has 2 aliphatic heterocycles. The predicted molar refractivity (Wildman–Crippen MR) is 109 cm³/mol. The molecule has 0 radical (unpaired) electrons. The van der Waals surface area contributed by atoms with Gasteiger partial charge in [0.25, 0.3) is 0 Å². The van der Waals surface area contributed by atoms with E-state index in [9.17, 15) is 0 Å². The van der Waals surface area contributed by atoms with Gasteiger partial charge in [-0.05, 0) is 12.3 Å². The molecule has 9 heteroatoms. The minimum absolute atomic E-state index is 0.628. The number of morpholine rings is 2. The second-order valence-corrected chi connectivity index (χ2v) is 7.59. The minimum atomic E-state index is 0.628. The molecule has 0 amide bonds. The van der Waals surface area contributed by atoms with Crippen molar-refractivity contribution in [3.63, 3.8) is 0 Å². The topological polar surface area (TPSA) is 88.5 Å². The molecule has 4 rings (SSSR count). The predicted octanol–water partition coefficient (Wildman–Crippen LogP) is 1.55. The highest BCUT2D eigenvalue weighted by Gasteiger charge is 2.20. The maximum Gasteiger partial charge on any atom is 0.229 e. The Kier molecular flexibility index (Phi) is 6.01. The van der Waals surface area contributed by atoms with Crippen molar-refractivity contribution in [2.24, 2.45) is 5.92 Å². The number of rotatable bonds is 6. The van der Waals surface area contributed by atoms with Crippen molar-refractivity contribution in [1.82, 2.24) is 19.9 Å². The smallest absolute Gasteiger partial charge is 0.229 e. The number of hydrogen-bond acceptors (Lipinski definition) is 9. The van der Waals surface area contributed by atoms with Crippen molar-refractivity contribution in [2.45, 2.75) is 20.3 Å². The lowest BCUT2D eigenvalue weighted by Gasteiger charge is -2.28. The second kappa shape index (κ2) is 8.83. The molecule has 0 unspecified atom stereocenters. The van der Waals surface area contributed by atoms with Crippen LogP contribution in [0, 0.1) is 5.92 Å². The Balaban J connectivity index is 1.67. The Hall–Kier alpha value is -2.26. The molecule has 0 bridgehead atoms. The molecule has 9 nitrogen and oxygen atoms in total. The van der Waals surface area contributed by atoms with Gasteiger partial charge < -0.3 is 24.6 Å². The molecule has 0 atom stereocenters. The average Bonchev–Trinajstić information content (AvgIpc) is 2.74. The number of nitrogens with one attached hydrogen (secondary N) is 1. The summed E-state index contributed by atoms with van der Waals surface area (Å²) in [5, 5.41) is 4.33. The fraction of sp³-hybridized carbons (Fsp3) is 0.684. The van der Waals surface area contributed by atoms with E-state index in [1.54, 1.807) is 0 Å². The van der Waals surface area contributed by atoms with Crippen molar-refractivity contribution in [3.05, 3.63) is 6.20 Å². The van der Waals surface area contributed by atoms with E-state index < -0.39 is 0 Å². The molecule has 2 aliphatic rings. The van der Waals surface area contributed by atoms with Gasteiger partial charge in [-0.2, -0.15) is 15.0 Å². The molecular formula is C19H29N7O2. The van der Waals surface area contributed by atoms with Crippen molar-refractivity contribution in [2.75, 3.05) is 74.3 Å². The first-order valence-corrected chi connectivity index (χ1v) is 10.1. The number of ether oxygens (including phenoxy) is 2. The SMILES string of the molecule is CC(C)CCNc1nc(N2CCOCC2)nc2nc(N3CCOCC3)ncc12. The summed E-state index contributed by atoms with van der Waals surface area (Å²) in [6.07, 6.45) is 2.92. The van der Waals surface area contributed by atoms with E-state index in [1.807, 2.05) is 6.20 Å². The number of hydrogen-bond donors (Lipinski definition) is 1. The lowest BCUT2D eigenvalue weighted by Crippen LogP contribution is -2.38. The molecule has 4 heterocycles. The van der Waals surface area contributed by atoms with Gasteiger partial charge >= 0.3 is 0 Å². The molecule has 0 saturated carbocycles. The maximum atomic E-state index is 5.47. The summed E-state index contributed by atoms with van der Waals surface area (Å²) in [5.41, 5.74) is 0.681. The summed E-state index contributed by atoms with van der Waals surface area (Å²) < 4.78 is 10.9. The molecule has 1 N–H and O–H groups in total. The Morgan fingerprint density at radius 1 is 0.929 bits per heavy atom. The Morgan fingerprint density at radius 2 is 1.54 bits per heavy atom. The van der Waals surface area contributed by atoms with Crippen LogP contribution in [0.15, 0.2) is 6.20 Å². The van der Waals surface area contributed by atoms with Crippen LogP contribution in [-0.4, -0.2) is 79.1 Å². The highest BCUT2D eigenvalue weighted by Crippen LogP contribution is 2.24. The number of aromatic nitrogens is 4. The van der Waals surface area contributed by atoms with Crippen molar-refractivity contribution in [3.8, 4) is 0 Å². The lowest BCUT2D eigenvalue weighted by molar-refractivity contribution is 0.122. The van der Waals surface area contributed by atoms with Gasteiger partial charge in [0.05, 0.1) is 31.8 Å². The van der Waals surface area contributed by atoms with Gasteiger partial charge in [-0.15, -0.1) is 0 Å². The summed E-state index contributed by atoms with van der Waals surface area (Å²) in [6, 6.07) is 0. The molecule has 0 aliphatic carbocycles. The molecule has 0 aromatic carbocycles. The average molecular weight is 387 g/mol. The van der Waals surface area contributed by atoms with E-state index in [4.69, 9.17) is 24.4 Å². The van der Waals surface area contributed by atoms with E-state index in [0.717, 1.165) is 50.3 Å². The summed E-state index contributed by atoms with van der Waals surface area (Å²) >= 11 is 0. The van der Waals surface area contributed by atoms with Gasteiger partial charge in [-0.1, -0.05) is 13.8 Å². The third kappa shape index (κ3) is 4.41. The van der Waals surface area contributed by atoms with E-state index in [0.29, 0.717) is 49.9 Å². The normalized spacial score (nSPS) is 18.1. The number of fused-ring (bicyclic) bond motifs is 1. The number of nitrogens with zero attached hydrogens (tertiary/aromatic N) is 6. The fourth-order valence-corrected chi connectivity index (χ4v) is 3.33.